The molecule has 29 heavy (non-hydrogen) atoms. The molecule has 0 aliphatic carbocycles. The molecule has 0 unspecified atom stereocenters. The van der Waals surface area contributed by atoms with Gasteiger partial charge >= 0.3 is 83.3 Å². The first-order chi connectivity index (χ1) is 12.6. The molecule has 0 bridgehead atoms. The Morgan fingerprint density at radius 2 is 1.79 bits per heavy atom. The molecule has 0 radical (unpaired) electrons. The molecule has 1 aromatic heterocycles. The Morgan fingerprint density at radius 3 is 2.38 bits per heavy atom. The van der Waals surface area contributed by atoms with Gasteiger partial charge in [0, 0.05) is 18.8 Å². The Morgan fingerprint density at radius 1 is 1.17 bits per heavy atom. The Hall–Kier alpha value is -0.201. The van der Waals surface area contributed by atoms with Gasteiger partial charge in [-0.25, -0.2) is 18.0 Å². The zero-order valence-electron chi connectivity index (χ0n) is 19.2. The standard InChI is InChI=1S/C15H14N3O7PS.2Ca.4H/c1-18-13(15(19)17-12-8-4-5-9-16-12)14(25-26(20,21)22)10-6-2-3-7-11(10)27(18,23)24;;;;;;/h2-9H,1H3,(H,16,17,19)(H2,20,21,22);;;;;;/q;2*+2;4*-1. The van der Waals surface area contributed by atoms with Crippen LogP contribution in [0.1, 0.15) is 11.3 Å². The quantitative estimate of drug-likeness (QED) is 0.417. The molecule has 1 aromatic carbocycles. The van der Waals surface area contributed by atoms with Gasteiger partial charge in [0.2, 0.25) is 0 Å². The molecule has 1 amide bonds. The predicted octanol–water partition coefficient (Wildman–Crippen LogP) is 0.821. The average molecular weight is 496 g/mol. The predicted molar refractivity (Wildman–Crippen MR) is 110 cm³/mol. The molecular formula is C15H18Ca2N3O7PS. The molecule has 1 aliphatic rings. The summed E-state index contributed by atoms with van der Waals surface area (Å²) in [7, 11) is -8.14. The minimum atomic E-state index is -5.09. The number of amides is 1. The van der Waals surface area contributed by atoms with Gasteiger partial charge < -0.3 is 15.5 Å². The Balaban J connectivity index is -0.000000701. The summed E-state index contributed by atoms with van der Waals surface area (Å²) in [6.07, 6.45) is 1.41. The summed E-state index contributed by atoms with van der Waals surface area (Å²) < 4.78 is 42.2. The van der Waals surface area contributed by atoms with Crippen LogP contribution in [0.4, 0.5) is 5.82 Å². The summed E-state index contributed by atoms with van der Waals surface area (Å²) in [6.45, 7) is 0. The molecule has 3 rings (SSSR count). The smallest absolute Gasteiger partial charge is 1.00 e. The third-order valence-electron chi connectivity index (χ3n) is 3.63. The number of aromatic nitrogens is 1. The number of carbonyl (C=O) groups is 1. The maximum absolute atomic E-state index is 12.7. The number of sulfonamides is 1. The number of carbonyl (C=O) groups excluding carboxylic acids is 1. The molecular weight excluding hydrogens is 477 g/mol. The van der Waals surface area contributed by atoms with E-state index in [2.05, 4.69) is 10.3 Å². The van der Waals surface area contributed by atoms with E-state index in [9.17, 15) is 27.6 Å². The van der Waals surface area contributed by atoms with Gasteiger partial charge in [-0.1, -0.05) is 18.2 Å². The molecule has 2 heterocycles. The van der Waals surface area contributed by atoms with Gasteiger partial charge in [0.1, 0.15) is 5.82 Å². The van der Waals surface area contributed by atoms with E-state index in [4.69, 9.17) is 4.52 Å². The molecule has 14 heteroatoms. The summed E-state index contributed by atoms with van der Waals surface area (Å²) in [6, 6.07) is 10.1. The van der Waals surface area contributed by atoms with Crippen molar-refractivity contribution in [3.8, 4) is 0 Å². The summed E-state index contributed by atoms with van der Waals surface area (Å²) in [4.78, 5) is 34.9. The number of anilines is 1. The molecule has 0 saturated carbocycles. The van der Waals surface area contributed by atoms with E-state index in [0.717, 1.165) is 7.05 Å². The van der Waals surface area contributed by atoms with Crippen LogP contribution in [0.15, 0.2) is 59.3 Å². The summed E-state index contributed by atoms with van der Waals surface area (Å²) in [5, 5.41) is 2.38. The second-order valence-electron chi connectivity index (χ2n) is 5.40. The van der Waals surface area contributed by atoms with Crippen molar-refractivity contribution in [3.05, 3.63) is 59.9 Å². The van der Waals surface area contributed by atoms with E-state index in [1.807, 2.05) is 0 Å². The van der Waals surface area contributed by atoms with Crippen LogP contribution < -0.4 is 5.32 Å². The summed E-state index contributed by atoms with van der Waals surface area (Å²) in [5.41, 5.74) is -0.715. The summed E-state index contributed by atoms with van der Waals surface area (Å²) in [5.74, 6) is -1.39. The van der Waals surface area contributed by atoms with Crippen LogP contribution in [0.25, 0.3) is 5.76 Å². The zero-order chi connectivity index (χ0) is 19.8. The Labute approximate surface area is 232 Å². The van der Waals surface area contributed by atoms with Crippen LogP contribution in [0.5, 0.6) is 0 Å². The van der Waals surface area contributed by atoms with Gasteiger partial charge in [-0.2, -0.15) is 0 Å². The number of rotatable bonds is 4. The SMILES string of the molecule is CN1C(C(=O)Nc2ccccn2)=C(OP(=O)(O)O)c2ccccc2S1(=O)=O.[Ca+2].[Ca+2].[H-].[H-].[H-].[H-]. The van der Waals surface area contributed by atoms with Crippen molar-refractivity contribution in [2.24, 2.45) is 0 Å². The first-order valence-corrected chi connectivity index (χ1v) is 10.4. The van der Waals surface area contributed by atoms with Crippen molar-refractivity contribution in [1.29, 1.82) is 0 Å². The van der Waals surface area contributed by atoms with E-state index in [1.54, 1.807) is 12.1 Å². The maximum atomic E-state index is 12.7. The molecule has 2 aromatic rings. The molecule has 0 fully saturated rings. The summed E-state index contributed by atoms with van der Waals surface area (Å²) >= 11 is 0. The molecule has 0 spiro atoms. The van der Waals surface area contributed by atoms with Crippen LogP contribution in [-0.4, -0.2) is 116 Å². The van der Waals surface area contributed by atoms with Gasteiger partial charge in [0.25, 0.3) is 15.9 Å². The number of likely N-dealkylation sites (N-methyl/N-ethyl adjacent to an activating group) is 1. The largest absolute Gasteiger partial charge is 2.00 e. The fourth-order valence-corrected chi connectivity index (χ4v) is 4.30. The number of nitrogens with one attached hydrogen (secondary N) is 1. The normalized spacial score (nSPS) is 14.8. The van der Waals surface area contributed by atoms with Crippen LogP contribution in [0.2, 0.25) is 0 Å². The van der Waals surface area contributed by atoms with E-state index >= 15 is 0 Å². The van der Waals surface area contributed by atoms with Crippen LogP contribution in [0, 0.1) is 0 Å². The number of benzene rings is 1. The average Bonchev–Trinajstić information content (AvgIpc) is 2.60. The maximum Gasteiger partial charge on any atom is 2.00 e. The van der Waals surface area contributed by atoms with E-state index in [1.165, 1.54) is 36.5 Å². The molecule has 3 N–H and O–H groups in total. The molecule has 1 aliphatic heterocycles. The Bertz CT molecular complexity index is 1110. The third kappa shape index (κ3) is 5.94. The van der Waals surface area contributed by atoms with E-state index in [0.29, 0.717) is 4.31 Å². The second kappa shape index (κ2) is 10.4. The number of pyridine rings is 1. The van der Waals surface area contributed by atoms with Crippen molar-refractivity contribution < 1.29 is 37.8 Å². The van der Waals surface area contributed by atoms with Gasteiger partial charge in [-0.05, 0) is 24.3 Å². The van der Waals surface area contributed by atoms with Crippen molar-refractivity contribution >= 4 is 111 Å². The van der Waals surface area contributed by atoms with Crippen LogP contribution in [-0.2, 0) is 23.9 Å². The van der Waals surface area contributed by atoms with Crippen molar-refractivity contribution in [2.75, 3.05) is 12.4 Å². The second-order valence-corrected chi connectivity index (χ2v) is 8.50. The van der Waals surface area contributed by atoms with Gasteiger partial charge in [0.15, 0.2) is 11.5 Å². The minimum absolute atomic E-state index is 0. The first-order valence-electron chi connectivity index (χ1n) is 7.41. The molecule has 0 saturated heterocycles. The number of phosphoric ester groups is 1. The van der Waals surface area contributed by atoms with Crippen molar-refractivity contribution in [3.63, 3.8) is 0 Å². The van der Waals surface area contributed by atoms with E-state index < -0.39 is 35.2 Å². The molecule has 0 atom stereocenters. The fourth-order valence-electron chi connectivity index (χ4n) is 2.49. The van der Waals surface area contributed by atoms with Crippen LogP contribution in [0.3, 0.4) is 0 Å². The topological polar surface area (TPSA) is 146 Å². The minimum Gasteiger partial charge on any atom is -1.00 e. The van der Waals surface area contributed by atoms with Crippen molar-refractivity contribution in [1.82, 2.24) is 9.29 Å². The van der Waals surface area contributed by atoms with Gasteiger partial charge in [-0.15, -0.1) is 0 Å². The van der Waals surface area contributed by atoms with Gasteiger partial charge in [-0.3, -0.25) is 18.9 Å². The van der Waals surface area contributed by atoms with Gasteiger partial charge in [0.05, 0.1) is 4.90 Å². The number of hydrogen-bond donors (Lipinski definition) is 3. The monoisotopic (exact) mass is 495 g/mol. The number of hydrogen-bond acceptors (Lipinski definition) is 6. The molecule has 10 nitrogen and oxygen atoms in total. The number of phosphoric acid groups is 1. The number of nitrogens with zero attached hydrogens (tertiary/aromatic N) is 2. The molecule has 150 valence electrons. The number of fused-ring (bicyclic) bond motifs is 1. The Kier molecular flexibility index (Phi) is 9.63. The third-order valence-corrected chi connectivity index (χ3v) is 5.87. The zero-order valence-corrected chi connectivity index (χ0v) is 21.3. The fraction of sp³-hybridized carbons (Fsp3) is 0.0667. The van der Waals surface area contributed by atoms with Crippen LogP contribution >= 0.6 is 7.82 Å². The van der Waals surface area contributed by atoms with E-state index in [-0.39, 0.29) is 97.5 Å². The first kappa shape index (κ1) is 26.8. The van der Waals surface area contributed by atoms with Crippen molar-refractivity contribution in [2.45, 2.75) is 4.90 Å².